The van der Waals surface area contributed by atoms with Gasteiger partial charge in [0.25, 0.3) is 0 Å². The highest BCUT2D eigenvalue weighted by Crippen LogP contribution is 2.19. The Kier molecular flexibility index (Phi) is 5.13. The van der Waals surface area contributed by atoms with Crippen molar-refractivity contribution in [3.63, 3.8) is 0 Å². The minimum absolute atomic E-state index is 0.159. The lowest BCUT2D eigenvalue weighted by Gasteiger charge is -2.23. The second kappa shape index (κ2) is 6.23. The second-order valence-corrected chi connectivity index (χ2v) is 6.61. The first-order valence-electron chi connectivity index (χ1n) is 6.23. The molecule has 112 valence electrons. The van der Waals surface area contributed by atoms with Crippen LogP contribution in [0.2, 0.25) is 0 Å². The minimum Gasteiger partial charge on any atom is -0.480 e. The summed E-state index contributed by atoms with van der Waals surface area (Å²) in [6, 6.07) is 5.24. The topological polar surface area (TPSA) is 86.7 Å². The fourth-order valence-electron chi connectivity index (χ4n) is 1.63. The first kappa shape index (κ1) is 16.5. The molecular weight excluding hydrogens is 280 g/mol. The normalized spacial score (nSPS) is 13.2. The zero-order chi connectivity index (χ0) is 15.5. The molecule has 20 heavy (non-hydrogen) atoms. The van der Waals surface area contributed by atoms with E-state index in [1.807, 2.05) is 0 Å². The van der Waals surface area contributed by atoms with E-state index in [9.17, 15) is 13.2 Å². The van der Waals surface area contributed by atoms with Crippen molar-refractivity contribution in [2.75, 3.05) is 11.9 Å². The molecule has 1 atom stereocenters. The molecule has 7 heteroatoms. The molecule has 0 aliphatic rings. The molecule has 0 saturated carbocycles. The van der Waals surface area contributed by atoms with Gasteiger partial charge in [-0.25, -0.2) is 17.9 Å². The van der Waals surface area contributed by atoms with Crippen LogP contribution in [0, 0.1) is 0 Å². The monoisotopic (exact) mass is 300 g/mol. The lowest BCUT2D eigenvalue weighted by molar-refractivity contribution is -0.138. The number of sulfonamides is 1. The number of likely N-dealkylation sites (N-methyl/N-ethyl adjacent to an activating group) is 1. The van der Waals surface area contributed by atoms with Gasteiger partial charge in [0.2, 0.25) is 10.0 Å². The highest BCUT2D eigenvalue weighted by Gasteiger charge is 2.19. The Morgan fingerprint density at radius 3 is 2.10 bits per heavy atom. The molecule has 0 fully saturated rings. The van der Waals surface area contributed by atoms with Crippen molar-refractivity contribution in [3.8, 4) is 0 Å². The Hall–Kier alpha value is -1.60. The van der Waals surface area contributed by atoms with E-state index in [1.165, 1.54) is 12.1 Å². The summed E-state index contributed by atoms with van der Waals surface area (Å²) in [5.41, 5.74) is 0.642. The predicted molar refractivity (Wildman–Crippen MR) is 77.4 cm³/mol. The van der Waals surface area contributed by atoms with E-state index in [-0.39, 0.29) is 10.9 Å². The number of rotatable bonds is 6. The smallest absolute Gasteiger partial charge is 0.326 e. The van der Waals surface area contributed by atoms with Crippen LogP contribution in [0.5, 0.6) is 0 Å². The van der Waals surface area contributed by atoms with Crippen LogP contribution in [0.15, 0.2) is 29.2 Å². The lowest BCUT2D eigenvalue weighted by Crippen LogP contribution is -2.35. The summed E-state index contributed by atoms with van der Waals surface area (Å²) in [5, 5.41) is 8.95. The molecule has 0 aromatic heterocycles. The standard InChI is InChI=1S/C13H20N2O4S/c1-9(2)14-20(18,19)12-7-5-11(6-8-12)15(4)10(3)13(16)17/h5-10,14H,1-4H3,(H,16,17). The van der Waals surface area contributed by atoms with Gasteiger partial charge in [-0.15, -0.1) is 0 Å². The van der Waals surface area contributed by atoms with Crippen LogP contribution in [0.25, 0.3) is 0 Å². The van der Waals surface area contributed by atoms with Crippen LogP contribution in [0.1, 0.15) is 20.8 Å². The number of hydrogen-bond acceptors (Lipinski definition) is 4. The van der Waals surface area contributed by atoms with E-state index in [0.717, 1.165) is 0 Å². The number of benzene rings is 1. The van der Waals surface area contributed by atoms with E-state index < -0.39 is 22.0 Å². The van der Waals surface area contributed by atoms with Gasteiger partial charge in [0.15, 0.2) is 0 Å². The van der Waals surface area contributed by atoms with E-state index in [2.05, 4.69) is 4.72 Å². The van der Waals surface area contributed by atoms with Crippen LogP contribution in [0.4, 0.5) is 5.69 Å². The van der Waals surface area contributed by atoms with Gasteiger partial charge in [0, 0.05) is 18.8 Å². The molecule has 1 unspecified atom stereocenters. The van der Waals surface area contributed by atoms with Crippen LogP contribution < -0.4 is 9.62 Å². The Morgan fingerprint density at radius 2 is 1.70 bits per heavy atom. The average Bonchev–Trinajstić information content (AvgIpc) is 2.35. The Bertz CT molecular complexity index is 567. The van der Waals surface area contributed by atoms with Crippen molar-refractivity contribution in [2.24, 2.45) is 0 Å². The first-order valence-corrected chi connectivity index (χ1v) is 7.71. The van der Waals surface area contributed by atoms with Crippen molar-refractivity contribution in [2.45, 2.75) is 37.8 Å². The fraction of sp³-hybridized carbons (Fsp3) is 0.462. The third-order valence-electron chi connectivity index (χ3n) is 2.88. The molecule has 0 aliphatic heterocycles. The largest absolute Gasteiger partial charge is 0.480 e. The highest BCUT2D eigenvalue weighted by atomic mass is 32.2. The van der Waals surface area contributed by atoms with Gasteiger partial charge in [0.1, 0.15) is 6.04 Å². The third kappa shape index (κ3) is 3.94. The van der Waals surface area contributed by atoms with Gasteiger partial charge in [-0.1, -0.05) is 0 Å². The number of nitrogens with one attached hydrogen (secondary N) is 1. The first-order chi connectivity index (χ1) is 9.15. The van der Waals surface area contributed by atoms with Gasteiger partial charge < -0.3 is 10.0 Å². The molecule has 2 N–H and O–H groups in total. The summed E-state index contributed by atoms with van der Waals surface area (Å²) in [6.07, 6.45) is 0. The van der Waals surface area contributed by atoms with E-state index in [1.54, 1.807) is 44.9 Å². The van der Waals surface area contributed by atoms with Crippen molar-refractivity contribution in [1.29, 1.82) is 0 Å². The number of anilines is 1. The minimum atomic E-state index is -3.52. The van der Waals surface area contributed by atoms with Gasteiger partial charge in [-0.2, -0.15) is 0 Å². The maximum Gasteiger partial charge on any atom is 0.326 e. The van der Waals surface area contributed by atoms with Crippen LogP contribution in [-0.4, -0.2) is 38.6 Å². The third-order valence-corrected chi connectivity index (χ3v) is 4.56. The molecule has 0 spiro atoms. The van der Waals surface area contributed by atoms with Crippen molar-refractivity contribution >= 4 is 21.7 Å². The van der Waals surface area contributed by atoms with Crippen molar-refractivity contribution in [3.05, 3.63) is 24.3 Å². The summed E-state index contributed by atoms with van der Waals surface area (Å²) in [6.45, 7) is 5.05. The fourth-order valence-corrected chi connectivity index (χ4v) is 2.88. The van der Waals surface area contributed by atoms with Crippen LogP contribution in [0.3, 0.4) is 0 Å². The molecule has 1 rings (SSSR count). The van der Waals surface area contributed by atoms with E-state index in [0.29, 0.717) is 5.69 Å². The Morgan fingerprint density at radius 1 is 1.20 bits per heavy atom. The zero-order valence-electron chi connectivity index (χ0n) is 12.0. The lowest BCUT2D eigenvalue weighted by atomic mass is 10.2. The van der Waals surface area contributed by atoms with Gasteiger partial charge >= 0.3 is 5.97 Å². The maximum atomic E-state index is 11.9. The highest BCUT2D eigenvalue weighted by molar-refractivity contribution is 7.89. The number of hydrogen-bond donors (Lipinski definition) is 2. The molecule has 0 radical (unpaired) electrons. The summed E-state index contributed by atoms with van der Waals surface area (Å²) in [4.78, 5) is 12.6. The molecule has 6 nitrogen and oxygen atoms in total. The summed E-state index contributed by atoms with van der Waals surface area (Å²) in [5.74, 6) is -0.939. The SMILES string of the molecule is CC(C)NS(=O)(=O)c1ccc(N(C)C(C)C(=O)O)cc1. The van der Waals surface area contributed by atoms with E-state index >= 15 is 0 Å². The van der Waals surface area contributed by atoms with Gasteiger partial charge in [-0.3, -0.25) is 0 Å². The molecule has 0 aliphatic carbocycles. The molecule has 1 aromatic carbocycles. The molecule has 0 saturated heterocycles. The Balaban J connectivity index is 2.97. The summed E-state index contributed by atoms with van der Waals surface area (Å²) in [7, 11) is -1.88. The number of nitrogens with zero attached hydrogens (tertiary/aromatic N) is 1. The summed E-state index contributed by atoms with van der Waals surface area (Å²) >= 11 is 0. The molecular formula is C13H20N2O4S. The predicted octanol–water partition coefficient (Wildman–Crippen LogP) is 1.28. The average molecular weight is 300 g/mol. The molecule has 1 aromatic rings. The number of carboxylic acids is 1. The number of carbonyl (C=O) groups is 1. The van der Waals surface area contributed by atoms with Gasteiger partial charge in [0.05, 0.1) is 4.90 Å². The quantitative estimate of drug-likeness (QED) is 0.826. The van der Waals surface area contributed by atoms with Crippen LogP contribution in [-0.2, 0) is 14.8 Å². The number of aliphatic carboxylic acids is 1. The van der Waals surface area contributed by atoms with Crippen LogP contribution >= 0.6 is 0 Å². The molecule has 0 amide bonds. The zero-order valence-corrected chi connectivity index (χ0v) is 12.8. The Labute approximate surface area is 119 Å². The van der Waals surface area contributed by atoms with Crippen molar-refractivity contribution in [1.82, 2.24) is 4.72 Å². The molecule has 0 bridgehead atoms. The summed E-state index contributed by atoms with van der Waals surface area (Å²) < 4.78 is 26.4. The maximum absolute atomic E-state index is 11.9. The van der Waals surface area contributed by atoms with E-state index in [4.69, 9.17) is 5.11 Å². The number of carboxylic acid groups (broad SMARTS) is 1. The molecule has 0 heterocycles. The van der Waals surface area contributed by atoms with Crippen molar-refractivity contribution < 1.29 is 18.3 Å². The van der Waals surface area contributed by atoms with Gasteiger partial charge in [-0.05, 0) is 45.0 Å². The second-order valence-electron chi connectivity index (χ2n) is 4.90.